The third kappa shape index (κ3) is 3.40. The molecule has 0 spiro atoms. The molecule has 0 saturated carbocycles. The van der Waals surface area contributed by atoms with E-state index in [1.54, 1.807) is 30.4 Å². The van der Waals surface area contributed by atoms with Crippen LogP contribution in [0.25, 0.3) is 0 Å². The predicted octanol–water partition coefficient (Wildman–Crippen LogP) is 2.84. The SMILES string of the molecule is Cc1noc(C)c1C(=O)N(C)C[C@@H]1CCc2nc(C(F)(F)F)cn2C1. The highest BCUT2D eigenvalue weighted by Gasteiger charge is 2.36. The molecule has 0 saturated heterocycles. The summed E-state index contributed by atoms with van der Waals surface area (Å²) < 4.78 is 44.9. The first kappa shape index (κ1) is 17.5. The van der Waals surface area contributed by atoms with Crippen LogP contribution in [0.1, 0.15) is 39.8 Å². The lowest BCUT2D eigenvalue weighted by atomic mass is 9.98. The quantitative estimate of drug-likeness (QED) is 0.848. The van der Waals surface area contributed by atoms with Crippen molar-refractivity contribution in [1.29, 1.82) is 0 Å². The summed E-state index contributed by atoms with van der Waals surface area (Å²) in [5.74, 6) is 0.786. The van der Waals surface area contributed by atoms with Gasteiger partial charge in [-0.3, -0.25) is 4.79 Å². The zero-order valence-corrected chi connectivity index (χ0v) is 14.2. The van der Waals surface area contributed by atoms with Crippen molar-refractivity contribution in [1.82, 2.24) is 19.6 Å². The van der Waals surface area contributed by atoms with E-state index in [1.807, 2.05) is 0 Å². The first-order valence-corrected chi connectivity index (χ1v) is 7.98. The Bertz CT molecular complexity index is 774. The number of hydrogen-bond acceptors (Lipinski definition) is 4. The molecule has 1 amide bonds. The Hall–Kier alpha value is -2.32. The van der Waals surface area contributed by atoms with Gasteiger partial charge in [0.15, 0.2) is 5.69 Å². The number of aromatic nitrogens is 3. The number of fused-ring (bicyclic) bond motifs is 1. The second kappa shape index (κ2) is 6.20. The summed E-state index contributed by atoms with van der Waals surface area (Å²) in [7, 11) is 1.68. The average Bonchev–Trinajstić information content (AvgIpc) is 3.09. The van der Waals surface area contributed by atoms with Gasteiger partial charge in [0.05, 0.1) is 5.69 Å². The molecule has 9 heteroatoms. The zero-order valence-electron chi connectivity index (χ0n) is 14.2. The molecule has 136 valence electrons. The van der Waals surface area contributed by atoms with Gasteiger partial charge in [0.2, 0.25) is 0 Å². The molecule has 0 aromatic carbocycles. The van der Waals surface area contributed by atoms with Crippen molar-refractivity contribution < 1.29 is 22.5 Å². The van der Waals surface area contributed by atoms with E-state index in [4.69, 9.17) is 4.52 Å². The first-order chi connectivity index (χ1) is 11.7. The maximum absolute atomic E-state index is 12.8. The number of carbonyl (C=O) groups is 1. The monoisotopic (exact) mass is 356 g/mol. The van der Waals surface area contributed by atoms with Gasteiger partial charge in [-0.05, 0) is 26.2 Å². The van der Waals surface area contributed by atoms with Crippen LogP contribution in [0.3, 0.4) is 0 Å². The van der Waals surface area contributed by atoms with Crippen LogP contribution in [0, 0.1) is 19.8 Å². The highest BCUT2D eigenvalue weighted by Crippen LogP contribution is 2.31. The largest absolute Gasteiger partial charge is 0.434 e. The minimum absolute atomic E-state index is 0.0669. The van der Waals surface area contributed by atoms with Gasteiger partial charge in [-0.2, -0.15) is 13.2 Å². The predicted molar refractivity (Wildman–Crippen MR) is 82.0 cm³/mol. The maximum atomic E-state index is 12.8. The van der Waals surface area contributed by atoms with Crippen LogP contribution in [-0.2, 0) is 19.1 Å². The smallest absolute Gasteiger partial charge is 0.361 e. The number of aryl methyl sites for hydroxylation is 3. The molecule has 2 aromatic rings. The van der Waals surface area contributed by atoms with E-state index in [-0.39, 0.29) is 11.8 Å². The summed E-state index contributed by atoms with van der Waals surface area (Å²) in [4.78, 5) is 17.8. The Morgan fingerprint density at radius 1 is 1.44 bits per heavy atom. The topological polar surface area (TPSA) is 64.2 Å². The minimum atomic E-state index is -4.43. The molecular formula is C16H19F3N4O2. The van der Waals surface area contributed by atoms with Gasteiger partial charge in [0, 0.05) is 32.8 Å². The summed E-state index contributed by atoms with van der Waals surface area (Å²) in [6, 6.07) is 0. The van der Waals surface area contributed by atoms with Gasteiger partial charge in [-0.25, -0.2) is 4.98 Å². The third-order valence-electron chi connectivity index (χ3n) is 4.51. The molecular weight excluding hydrogens is 337 g/mol. The Labute approximate surface area is 142 Å². The molecule has 0 N–H and O–H groups in total. The van der Waals surface area contributed by atoms with Gasteiger partial charge in [-0.1, -0.05) is 5.16 Å². The molecule has 3 rings (SSSR count). The van der Waals surface area contributed by atoms with Crippen molar-refractivity contribution in [3.63, 3.8) is 0 Å². The van der Waals surface area contributed by atoms with E-state index in [1.165, 1.54) is 0 Å². The number of halogens is 3. The Morgan fingerprint density at radius 3 is 2.76 bits per heavy atom. The fraction of sp³-hybridized carbons (Fsp3) is 0.562. The van der Waals surface area contributed by atoms with E-state index in [0.29, 0.717) is 48.8 Å². The van der Waals surface area contributed by atoms with Crippen LogP contribution in [0.2, 0.25) is 0 Å². The van der Waals surface area contributed by atoms with Crippen LogP contribution < -0.4 is 0 Å². The highest BCUT2D eigenvalue weighted by molar-refractivity contribution is 5.95. The number of nitrogens with zero attached hydrogens (tertiary/aromatic N) is 4. The van der Waals surface area contributed by atoms with E-state index < -0.39 is 11.9 Å². The number of rotatable bonds is 3. The number of alkyl halides is 3. The third-order valence-corrected chi connectivity index (χ3v) is 4.51. The van der Waals surface area contributed by atoms with E-state index in [2.05, 4.69) is 10.1 Å². The summed E-state index contributed by atoms with van der Waals surface area (Å²) >= 11 is 0. The fourth-order valence-corrected chi connectivity index (χ4v) is 3.25. The second-order valence-electron chi connectivity index (χ2n) is 6.48. The number of carbonyl (C=O) groups excluding carboxylic acids is 1. The van der Waals surface area contributed by atoms with Crippen LogP contribution in [0.4, 0.5) is 13.2 Å². The fourth-order valence-electron chi connectivity index (χ4n) is 3.25. The maximum Gasteiger partial charge on any atom is 0.434 e. The van der Waals surface area contributed by atoms with E-state index >= 15 is 0 Å². The van der Waals surface area contributed by atoms with Crippen molar-refractivity contribution in [2.24, 2.45) is 5.92 Å². The normalized spacial score (nSPS) is 17.4. The molecule has 1 atom stereocenters. The molecule has 0 fully saturated rings. The summed E-state index contributed by atoms with van der Waals surface area (Å²) in [5.41, 5.74) is 0.119. The first-order valence-electron chi connectivity index (χ1n) is 7.98. The van der Waals surface area contributed by atoms with Crippen LogP contribution in [0.5, 0.6) is 0 Å². The second-order valence-corrected chi connectivity index (χ2v) is 6.48. The molecule has 3 heterocycles. The standard InChI is InChI=1S/C16H19F3N4O2/c1-9-14(10(2)25-21-9)15(24)22(3)6-11-4-5-13-20-12(16(17,18)19)8-23(13)7-11/h8,11H,4-7H2,1-3H3/t11-/m0/s1. The molecule has 6 nitrogen and oxygen atoms in total. The molecule has 0 radical (unpaired) electrons. The lowest BCUT2D eigenvalue weighted by molar-refractivity contribution is -0.141. The molecule has 0 aliphatic carbocycles. The Balaban J connectivity index is 1.68. The summed E-state index contributed by atoms with van der Waals surface area (Å²) in [5, 5.41) is 3.78. The van der Waals surface area contributed by atoms with Crippen LogP contribution in [-0.4, -0.2) is 39.1 Å². The minimum Gasteiger partial charge on any atom is -0.361 e. The van der Waals surface area contributed by atoms with Crippen molar-refractivity contribution in [3.8, 4) is 0 Å². The zero-order chi connectivity index (χ0) is 18.4. The molecule has 25 heavy (non-hydrogen) atoms. The lowest BCUT2D eigenvalue weighted by Gasteiger charge is -2.28. The van der Waals surface area contributed by atoms with Crippen molar-refractivity contribution in [2.75, 3.05) is 13.6 Å². The van der Waals surface area contributed by atoms with Crippen molar-refractivity contribution >= 4 is 5.91 Å². The van der Waals surface area contributed by atoms with Gasteiger partial charge < -0.3 is 14.0 Å². The van der Waals surface area contributed by atoms with E-state index in [0.717, 1.165) is 6.20 Å². The van der Waals surface area contributed by atoms with Gasteiger partial charge in [0.25, 0.3) is 5.91 Å². The number of imidazole rings is 1. The van der Waals surface area contributed by atoms with Crippen LogP contribution >= 0.6 is 0 Å². The van der Waals surface area contributed by atoms with E-state index in [9.17, 15) is 18.0 Å². The molecule has 1 aliphatic rings. The van der Waals surface area contributed by atoms with Gasteiger partial charge in [0.1, 0.15) is 17.1 Å². The van der Waals surface area contributed by atoms with Gasteiger partial charge in [-0.15, -0.1) is 0 Å². The lowest BCUT2D eigenvalue weighted by Crippen LogP contribution is -2.35. The molecule has 0 unspecified atom stereocenters. The molecule has 0 bridgehead atoms. The average molecular weight is 356 g/mol. The van der Waals surface area contributed by atoms with Gasteiger partial charge >= 0.3 is 6.18 Å². The highest BCUT2D eigenvalue weighted by atomic mass is 19.4. The number of hydrogen-bond donors (Lipinski definition) is 0. The van der Waals surface area contributed by atoms with Crippen molar-refractivity contribution in [2.45, 2.75) is 39.4 Å². The summed E-state index contributed by atoms with van der Waals surface area (Å²) in [6.07, 6.45) is -2.23. The molecule has 2 aromatic heterocycles. The summed E-state index contributed by atoms with van der Waals surface area (Å²) in [6.45, 7) is 4.24. The van der Waals surface area contributed by atoms with Crippen molar-refractivity contribution in [3.05, 3.63) is 34.7 Å². The van der Waals surface area contributed by atoms with Crippen LogP contribution in [0.15, 0.2) is 10.7 Å². The molecule has 1 aliphatic heterocycles. The Morgan fingerprint density at radius 2 is 2.16 bits per heavy atom. The number of amides is 1. The Kier molecular flexibility index (Phi) is 4.34.